The van der Waals surface area contributed by atoms with Gasteiger partial charge in [0.15, 0.2) is 5.58 Å². The largest absolute Gasteiger partial charge is 0.420 e. The van der Waals surface area contributed by atoms with Crippen molar-refractivity contribution in [3.8, 4) is 0 Å². The van der Waals surface area contributed by atoms with Crippen molar-refractivity contribution in [1.82, 2.24) is 9.55 Å². The van der Waals surface area contributed by atoms with Crippen molar-refractivity contribution in [3.63, 3.8) is 0 Å². The van der Waals surface area contributed by atoms with Crippen LogP contribution in [0.4, 0.5) is 10.2 Å². The fourth-order valence-electron chi connectivity index (χ4n) is 4.23. The standard InChI is InChI=1S/C23H21FN4O4S/c24-21-5-2-6-22(26-21)27-33(30,31)17-9-10-19-20(12-17)32-23(29)28(19)13-15-4-1-3-14-7-8-16(25)11-18(14)15/h1-6,9-10,12,16H,7-8,11,13,25H2,(H,26,27)/t16-/m1/s1. The zero-order chi connectivity index (χ0) is 23.2. The molecular formula is C23H21FN4O4S. The van der Waals surface area contributed by atoms with Crippen LogP contribution in [0.25, 0.3) is 11.1 Å². The first-order valence-electron chi connectivity index (χ1n) is 10.4. The number of benzene rings is 2. The quantitative estimate of drug-likeness (QED) is 0.435. The summed E-state index contributed by atoms with van der Waals surface area (Å²) in [6.07, 6.45) is 2.58. The van der Waals surface area contributed by atoms with Crippen LogP contribution in [0.1, 0.15) is 23.1 Å². The van der Waals surface area contributed by atoms with Crippen molar-refractivity contribution < 1.29 is 17.2 Å². The summed E-state index contributed by atoms with van der Waals surface area (Å²) in [5.74, 6) is -1.55. The molecule has 0 amide bonds. The first-order chi connectivity index (χ1) is 15.8. The summed E-state index contributed by atoms with van der Waals surface area (Å²) in [6.45, 7) is 0.291. The molecule has 33 heavy (non-hydrogen) atoms. The highest BCUT2D eigenvalue weighted by molar-refractivity contribution is 7.92. The number of nitrogens with one attached hydrogen (secondary N) is 1. The van der Waals surface area contributed by atoms with Crippen LogP contribution < -0.4 is 16.2 Å². The maximum Gasteiger partial charge on any atom is 0.420 e. The van der Waals surface area contributed by atoms with Gasteiger partial charge in [-0.1, -0.05) is 24.3 Å². The van der Waals surface area contributed by atoms with Gasteiger partial charge in [-0.2, -0.15) is 4.39 Å². The van der Waals surface area contributed by atoms with Gasteiger partial charge in [-0.3, -0.25) is 9.29 Å². The van der Waals surface area contributed by atoms with Crippen LogP contribution in [0, 0.1) is 5.95 Å². The molecule has 2 aromatic carbocycles. The Hall–Kier alpha value is -3.50. The minimum atomic E-state index is -4.07. The van der Waals surface area contributed by atoms with Gasteiger partial charge in [-0.15, -0.1) is 0 Å². The molecule has 170 valence electrons. The number of nitrogens with zero attached hydrogens (tertiary/aromatic N) is 2. The molecule has 2 heterocycles. The van der Waals surface area contributed by atoms with Crippen molar-refractivity contribution in [2.45, 2.75) is 36.7 Å². The van der Waals surface area contributed by atoms with E-state index in [2.05, 4.69) is 15.8 Å². The molecule has 0 fully saturated rings. The lowest BCUT2D eigenvalue weighted by atomic mass is 9.85. The van der Waals surface area contributed by atoms with E-state index in [1.165, 1.54) is 40.5 Å². The maximum atomic E-state index is 13.3. The van der Waals surface area contributed by atoms with E-state index in [1.54, 1.807) is 0 Å². The van der Waals surface area contributed by atoms with Gasteiger partial charge in [0, 0.05) is 12.1 Å². The van der Waals surface area contributed by atoms with Crippen molar-refractivity contribution in [2.75, 3.05) is 4.72 Å². The summed E-state index contributed by atoms with van der Waals surface area (Å²) < 4.78 is 47.8. The number of anilines is 1. The van der Waals surface area contributed by atoms with E-state index < -0.39 is 21.7 Å². The molecule has 0 radical (unpaired) electrons. The van der Waals surface area contributed by atoms with Crippen LogP contribution in [0.2, 0.25) is 0 Å². The molecule has 0 unspecified atom stereocenters. The Labute approximate surface area is 188 Å². The third-order valence-electron chi connectivity index (χ3n) is 5.85. The number of aryl methyl sites for hydroxylation is 1. The lowest BCUT2D eigenvalue weighted by Gasteiger charge is -2.24. The first-order valence-corrected chi connectivity index (χ1v) is 11.9. The number of hydrogen-bond acceptors (Lipinski definition) is 6. The lowest BCUT2D eigenvalue weighted by Crippen LogP contribution is -2.29. The summed E-state index contributed by atoms with van der Waals surface area (Å²) in [4.78, 5) is 16.0. The molecular weight excluding hydrogens is 447 g/mol. The van der Waals surface area contributed by atoms with Gasteiger partial charge >= 0.3 is 5.76 Å². The van der Waals surface area contributed by atoms with Crippen molar-refractivity contribution in [2.24, 2.45) is 5.73 Å². The number of sulfonamides is 1. The Balaban J connectivity index is 1.49. The van der Waals surface area contributed by atoms with E-state index in [4.69, 9.17) is 10.2 Å². The molecule has 10 heteroatoms. The van der Waals surface area contributed by atoms with E-state index in [1.807, 2.05) is 12.1 Å². The van der Waals surface area contributed by atoms with Crippen LogP contribution >= 0.6 is 0 Å². The minimum Gasteiger partial charge on any atom is -0.408 e. The summed E-state index contributed by atoms with van der Waals surface area (Å²) in [7, 11) is -4.07. The predicted molar refractivity (Wildman–Crippen MR) is 121 cm³/mol. The zero-order valence-corrected chi connectivity index (χ0v) is 18.3. The van der Waals surface area contributed by atoms with Gasteiger partial charge in [-0.05, 0) is 60.2 Å². The zero-order valence-electron chi connectivity index (χ0n) is 17.5. The molecule has 0 aliphatic heterocycles. The normalized spacial score (nSPS) is 16.0. The number of hydrogen-bond donors (Lipinski definition) is 2. The molecule has 1 aliphatic rings. The summed E-state index contributed by atoms with van der Waals surface area (Å²) in [5.41, 5.74) is 10.1. The van der Waals surface area contributed by atoms with Gasteiger partial charge in [0.25, 0.3) is 10.0 Å². The van der Waals surface area contributed by atoms with Gasteiger partial charge < -0.3 is 10.2 Å². The number of halogens is 1. The highest BCUT2D eigenvalue weighted by Crippen LogP contribution is 2.26. The third-order valence-corrected chi connectivity index (χ3v) is 7.21. The molecule has 3 N–H and O–H groups in total. The van der Waals surface area contributed by atoms with Gasteiger partial charge in [0.1, 0.15) is 5.82 Å². The number of nitrogens with two attached hydrogens (primary N) is 1. The van der Waals surface area contributed by atoms with Crippen molar-refractivity contribution in [1.29, 1.82) is 0 Å². The molecule has 1 aliphatic carbocycles. The summed E-state index contributed by atoms with van der Waals surface area (Å²) >= 11 is 0. The highest BCUT2D eigenvalue weighted by Gasteiger charge is 2.21. The summed E-state index contributed by atoms with van der Waals surface area (Å²) in [5, 5.41) is 0. The molecule has 0 bridgehead atoms. The van der Waals surface area contributed by atoms with Crippen LogP contribution in [0.3, 0.4) is 0 Å². The smallest absolute Gasteiger partial charge is 0.408 e. The first kappa shape index (κ1) is 21.4. The second kappa shape index (κ2) is 8.13. The molecule has 0 saturated carbocycles. The second-order valence-electron chi connectivity index (χ2n) is 8.09. The van der Waals surface area contributed by atoms with Crippen LogP contribution in [-0.2, 0) is 29.4 Å². The molecule has 2 aromatic heterocycles. The Morgan fingerprint density at radius 3 is 2.82 bits per heavy atom. The third kappa shape index (κ3) is 4.14. The van der Waals surface area contributed by atoms with Crippen LogP contribution in [0.15, 0.2) is 68.7 Å². The van der Waals surface area contributed by atoms with E-state index in [0.717, 1.165) is 36.5 Å². The molecule has 0 spiro atoms. The molecule has 8 nitrogen and oxygen atoms in total. The maximum absolute atomic E-state index is 13.3. The number of pyridine rings is 1. The Kier molecular flexibility index (Phi) is 5.26. The minimum absolute atomic E-state index is 0.0873. The topological polar surface area (TPSA) is 120 Å². The Morgan fingerprint density at radius 1 is 1.18 bits per heavy atom. The van der Waals surface area contributed by atoms with Gasteiger partial charge in [-0.25, -0.2) is 18.2 Å². The SMILES string of the molecule is N[C@@H]1CCc2cccc(Cn3c(=O)oc4cc(S(=O)(=O)Nc5cccc(F)n5)ccc43)c2C1. The highest BCUT2D eigenvalue weighted by atomic mass is 32.2. The van der Waals surface area contributed by atoms with E-state index >= 15 is 0 Å². The number of fused-ring (bicyclic) bond motifs is 2. The summed E-state index contributed by atoms with van der Waals surface area (Å²) in [6, 6.07) is 14.1. The fraction of sp³-hybridized carbons (Fsp3) is 0.217. The number of rotatable bonds is 5. The predicted octanol–water partition coefficient (Wildman–Crippen LogP) is 2.79. The number of aromatic nitrogens is 2. The van der Waals surface area contributed by atoms with Crippen molar-refractivity contribution in [3.05, 3.63) is 87.8 Å². The monoisotopic (exact) mass is 468 g/mol. The number of oxazole rings is 1. The fourth-order valence-corrected chi connectivity index (χ4v) is 5.25. The van der Waals surface area contributed by atoms with Crippen molar-refractivity contribution >= 4 is 26.9 Å². The van der Waals surface area contributed by atoms with E-state index in [0.29, 0.717) is 12.1 Å². The average molecular weight is 469 g/mol. The van der Waals surface area contributed by atoms with Gasteiger partial charge in [0.2, 0.25) is 5.95 Å². The van der Waals surface area contributed by atoms with Crippen LogP contribution in [0.5, 0.6) is 0 Å². The molecule has 4 aromatic rings. The van der Waals surface area contributed by atoms with E-state index in [9.17, 15) is 17.6 Å². The molecule has 1 atom stereocenters. The average Bonchev–Trinajstić information content (AvgIpc) is 3.08. The Bertz CT molecular complexity index is 1530. The van der Waals surface area contributed by atoms with E-state index in [-0.39, 0.29) is 22.3 Å². The Morgan fingerprint density at radius 2 is 2.00 bits per heavy atom. The molecule has 0 saturated heterocycles. The van der Waals surface area contributed by atoms with Crippen LogP contribution in [-0.4, -0.2) is 24.0 Å². The van der Waals surface area contributed by atoms with Gasteiger partial charge in [0.05, 0.1) is 17.0 Å². The molecule has 5 rings (SSSR count). The second-order valence-corrected chi connectivity index (χ2v) is 9.77. The lowest BCUT2D eigenvalue weighted by molar-refractivity contribution is 0.514.